The number of para-hydroxylation sites is 1. The fraction of sp³-hybridized carbons (Fsp3) is 0.588. The summed E-state index contributed by atoms with van der Waals surface area (Å²) < 4.78 is 0. The van der Waals surface area contributed by atoms with Gasteiger partial charge in [-0.2, -0.15) is 0 Å². The van der Waals surface area contributed by atoms with E-state index >= 15 is 0 Å². The maximum Gasteiger partial charge on any atom is 0.224 e. The van der Waals surface area contributed by atoms with Gasteiger partial charge in [0.05, 0.1) is 0 Å². The largest absolute Gasteiger partial charge is 0.330 e. The van der Waals surface area contributed by atoms with Crippen LogP contribution in [0.3, 0.4) is 0 Å². The molecule has 20 heavy (non-hydrogen) atoms. The Morgan fingerprint density at radius 3 is 2.60 bits per heavy atom. The summed E-state index contributed by atoms with van der Waals surface area (Å²) in [5, 5.41) is 3.04. The summed E-state index contributed by atoms with van der Waals surface area (Å²) in [6.45, 7) is 7.15. The van der Waals surface area contributed by atoms with Crippen molar-refractivity contribution in [2.45, 2.75) is 52.9 Å². The van der Waals surface area contributed by atoms with Gasteiger partial charge in [-0.05, 0) is 42.9 Å². The van der Waals surface area contributed by atoms with E-state index in [1.807, 2.05) is 18.2 Å². The van der Waals surface area contributed by atoms with Gasteiger partial charge in [-0.15, -0.1) is 0 Å². The van der Waals surface area contributed by atoms with Crippen molar-refractivity contribution in [1.29, 1.82) is 0 Å². The minimum atomic E-state index is 0.0960. The molecule has 0 saturated carbocycles. The van der Waals surface area contributed by atoms with Crippen LogP contribution in [-0.2, 0) is 11.2 Å². The van der Waals surface area contributed by atoms with Gasteiger partial charge in [0, 0.05) is 12.1 Å². The van der Waals surface area contributed by atoms with Crippen LogP contribution >= 0.6 is 0 Å². The summed E-state index contributed by atoms with van der Waals surface area (Å²) in [5.74, 6) is 0.0960. The average molecular weight is 276 g/mol. The number of hydrogen-bond acceptors (Lipinski definition) is 2. The number of hydrogen-bond donors (Lipinski definition) is 2. The molecule has 1 aromatic rings. The smallest absolute Gasteiger partial charge is 0.224 e. The van der Waals surface area contributed by atoms with E-state index < -0.39 is 0 Å². The monoisotopic (exact) mass is 276 g/mol. The highest BCUT2D eigenvalue weighted by atomic mass is 16.1. The van der Waals surface area contributed by atoms with Crippen LogP contribution in [-0.4, -0.2) is 12.5 Å². The maximum absolute atomic E-state index is 12.1. The molecule has 0 saturated heterocycles. The van der Waals surface area contributed by atoms with E-state index in [-0.39, 0.29) is 11.3 Å². The highest BCUT2D eigenvalue weighted by Crippen LogP contribution is 2.26. The van der Waals surface area contributed by atoms with E-state index in [9.17, 15) is 4.79 Å². The van der Waals surface area contributed by atoms with Gasteiger partial charge in [0.15, 0.2) is 0 Å². The van der Waals surface area contributed by atoms with Crippen molar-refractivity contribution in [3.8, 4) is 0 Å². The van der Waals surface area contributed by atoms with Crippen LogP contribution in [0.1, 0.15) is 52.0 Å². The number of benzene rings is 1. The Labute approximate surface area is 122 Å². The summed E-state index contributed by atoms with van der Waals surface area (Å²) in [7, 11) is 0. The van der Waals surface area contributed by atoms with Crippen LogP contribution in [0, 0.1) is 5.41 Å². The number of aryl methyl sites for hydroxylation is 1. The molecule has 0 atom stereocenters. The van der Waals surface area contributed by atoms with E-state index in [1.165, 1.54) is 5.56 Å². The number of carbonyl (C=O) groups is 1. The number of amides is 1. The highest BCUT2D eigenvalue weighted by Gasteiger charge is 2.18. The van der Waals surface area contributed by atoms with Crippen LogP contribution in [0.15, 0.2) is 24.3 Å². The van der Waals surface area contributed by atoms with Crippen LogP contribution in [0.5, 0.6) is 0 Å². The standard InChI is InChI=1S/C17H28N2O/c1-4-7-14-8-5-6-9-15(14)19-16(20)10-11-17(2,3)12-13-18/h5-6,8-9H,4,7,10-13,18H2,1-3H3,(H,19,20). The number of anilines is 1. The molecule has 0 heterocycles. The molecule has 0 aromatic heterocycles. The first-order valence-electron chi connectivity index (χ1n) is 7.56. The van der Waals surface area contributed by atoms with Crippen molar-refractivity contribution in [2.75, 3.05) is 11.9 Å². The number of rotatable bonds is 8. The Bertz CT molecular complexity index is 427. The molecule has 3 heteroatoms. The molecule has 1 rings (SSSR count). The molecule has 0 aliphatic carbocycles. The quantitative estimate of drug-likeness (QED) is 0.760. The Hall–Kier alpha value is -1.35. The van der Waals surface area contributed by atoms with Gasteiger partial charge in [0.25, 0.3) is 0 Å². The minimum Gasteiger partial charge on any atom is -0.330 e. The van der Waals surface area contributed by atoms with E-state index in [4.69, 9.17) is 5.73 Å². The second-order valence-electron chi connectivity index (χ2n) is 6.16. The predicted molar refractivity (Wildman–Crippen MR) is 85.8 cm³/mol. The lowest BCUT2D eigenvalue weighted by Gasteiger charge is -2.23. The lowest BCUT2D eigenvalue weighted by molar-refractivity contribution is -0.116. The van der Waals surface area contributed by atoms with Gasteiger partial charge < -0.3 is 11.1 Å². The van der Waals surface area contributed by atoms with Crippen LogP contribution in [0.25, 0.3) is 0 Å². The topological polar surface area (TPSA) is 55.1 Å². The molecular weight excluding hydrogens is 248 g/mol. The third-order valence-electron chi connectivity index (χ3n) is 3.66. The molecule has 1 amide bonds. The normalized spacial score (nSPS) is 11.4. The minimum absolute atomic E-state index is 0.0960. The van der Waals surface area contributed by atoms with Crippen molar-refractivity contribution in [3.05, 3.63) is 29.8 Å². The first-order valence-corrected chi connectivity index (χ1v) is 7.56. The highest BCUT2D eigenvalue weighted by molar-refractivity contribution is 5.91. The van der Waals surface area contributed by atoms with Gasteiger partial charge >= 0.3 is 0 Å². The molecular formula is C17H28N2O. The molecule has 0 aliphatic heterocycles. The first kappa shape index (κ1) is 16.7. The average Bonchev–Trinajstić information content (AvgIpc) is 2.39. The Kier molecular flexibility index (Phi) is 6.73. The van der Waals surface area contributed by atoms with Gasteiger partial charge in [0.2, 0.25) is 5.91 Å². The molecule has 0 aliphatic rings. The zero-order valence-corrected chi connectivity index (χ0v) is 13.0. The Morgan fingerprint density at radius 2 is 1.95 bits per heavy atom. The summed E-state index contributed by atoms with van der Waals surface area (Å²) in [5.41, 5.74) is 7.90. The Balaban J connectivity index is 2.54. The van der Waals surface area contributed by atoms with E-state index in [2.05, 4.69) is 32.2 Å². The predicted octanol–water partition coefficient (Wildman–Crippen LogP) is 3.73. The van der Waals surface area contributed by atoms with Crippen molar-refractivity contribution >= 4 is 11.6 Å². The molecule has 112 valence electrons. The first-order chi connectivity index (χ1) is 9.48. The van der Waals surface area contributed by atoms with Crippen LogP contribution < -0.4 is 11.1 Å². The fourth-order valence-electron chi connectivity index (χ4n) is 2.31. The molecule has 3 nitrogen and oxygen atoms in total. The Morgan fingerprint density at radius 1 is 1.25 bits per heavy atom. The van der Waals surface area contributed by atoms with E-state index in [1.54, 1.807) is 0 Å². The molecule has 0 radical (unpaired) electrons. The number of nitrogens with one attached hydrogen (secondary N) is 1. The van der Waals surface area contributed by atoms with Crippen LogP contribution in [0.4, 0.5) is 5.69 Å². The maximum atomic E-state index is 12.1. The number of carbonyl (C=O) groups excluding carboxylic acids is 1. The van der Waals surface area contributed by atoms with Gasteiger partial charge in [-0.1, -0.05) is 45.4 Å². The molecule has 0 fully saturated rings. The summed E-state index contributed by atoms with van der Waals surface area (Å²) in [4.78, 5) is 12.1. The third kappa shape index (κ3) is 5.74. The van der Waals surface area contributed by atoms with E-state index in [0.717, 1.165) is 31.4 Å². The molecule has 0 bridgehead atoms. The van der Waals surface area contributed by atoms with Crippen molar-refractivity contribution in [1.82, 2.24) is 0 Å². The number of nitrogens with two attached hydrogens (primary N) is 1. The molecule has 0 unspecified atom stereocenters. The zero-order valence-electron chi connectivity index (χ0n) is 13.0. The SMILES string of the molecule is CCCc1ccccc1NC(=O)CCC(C)(C)CCN. The third-order valence-corrected chi connectivity index (χ3v) is 3.66. The second-order valence-corrected chi connectivity index (χ2v) is 6.16. The van der Waals surface area contributed by atoms with Gasteiger partial charge in [-0.3, -0.25) is 4.79 Å². The molecule has 3 N–H and O–H groups in total. The van der Waals surface area contributed by atoms with Gasteiger partial charge in [0.1, 0.15) is 0 Å². The summed E-state index contributed by atoms with van der Waals surface area (Å²) in [6, 6.07) is 8.05. The van der Waals surface area contributed by atoms with Crippen molar-refractivity contribution in [2.24, 2.45) is 11.1 Å². The molecule has 1 aromatic carbocycles. The zero-order chi connectivity index (χ0) is 15.0. The van der Waals surface area contributed by atoms with Gasteiger partial charge in [-0.25, -0.2) is 0 Å². The van der Waals surface area contributed by atoms with Crippen LogP contribution in [0.2, 0.25) is 0 Å². The lowest BCUT2D eigenvalue weighted by Crippen LogP contribution is -2.21. The summed E-state index contributed by atoms with van der Waals surface area (Å²) >= 11 is 0. The lowest BCUT2D eigenvalue weighted by atomic mass is 9.84. The second kappa shape index (κ2) is 8.05. The van der Waals surface area contributed by atoms with Crippen molar-refractivity contribution < 1.29 is 4.79 Å². The molecule has 0 spiro atoms. The van der Waals surface area contributed by atoms with Crippen molar-refractivity contribution in [3.63, 3.8) is 0 Å². The fourth-order valence-corrected chi connectivity index (χ4v) is 2.31. The van der Waals surface area contributed by atoms with E-state index in [0.29, 0.717) is 13.0 Å². The summed E-state index contributed by atoms with van der Waals surface area (Å²) in [6.07, 6.45) is 4.44.